The molecule has 0 radical (unpaired) electrons. The molecule has 6 heteroatoms. The molecular formula is C21H20N4O2. The van der Waals surface area contributed by atoms with Crippen LogP contribution in [0.3, 0.4) is 0 Å². The molecule has 2 aromatic heterocycles. The second-order valence-corrected chi connectivity index (χ2v) is 6.27. The van der Waals surface area contributed by atoms with Gasteiger partial charge in [0.25, 0.3) is 11.8 Å². The summed E-state index contributed by atoms with van der Waals surface area (Å²) in [6.45, 7) is 4.26. The quantitative estimate of drug-likeness (QED) is 0.731. The van der Waals surface area contributed by atoms with Gasteiger partial charge in [-0.3, -0.25) is 19.6 Å². The largest absolute Gasteiger partial charge is 0.348 e. The number of aryl methyl sites for hydroxylation is 2. The molecule has 2 amide bonds. The Morgan fingerprint density at radius 1 is 0.889 bits per heavy atom. The topological polar surface area (TPSA) is 84.0 Å². The molecule has 3 rings (SSSR count). The highest BCUT2D eigenvalue weighted by atomic mass is 16.2. The molecule has 3 aromatic rings. The van der Waals surface area contributed by atoms with Crippen LogP contribution in [0.4, 0.5) is 5.69 Å². The van der Waals surface area contributed by atoms with Crippen molar-refractivity contribution in [3.05, 3.63) is 89.0 Å². The molecule has 0 saturated heterocycles. The first kappa shape index (κ1) is 18.3. The number of nitrogens with zero attached hydrogens (tertiary/aromatic N) is 2. The van der Waals surface area contributed by atoms with Gasteiger partial charge in [0.05, 0.1) is 11.1 Å². The molecule has 2 N–H and O–H groups in total. The minimum absolute atomic E-state index is 0.291. The van der Waals surface area contributed by atoms with Gasteiger partial charge in [0.2, 0.25) is 0 Å². The lowest BCUT2D eigenvalue weighted by Gasteiger charge is -2.10. The Hall–Kier alpha value is -3.54. The fraction of sp³-hybridized carbons (Fsp3) is 0.143. The molecule has 0 bridgehead atoms. The molecule has 27 heavy (non-hydrogen) atoms. The Labute approximate surface area is 157 Å². The Morgan fingerprint density at radius 3 is 2.33 bits per heavy atom. The van der Waals surface area contributed by atoms with Crippen LogP contribution < -0.4 is 10.6 Å². The van der Waals surface area contributed by atoms with E-state index in [-0.39, 0.29) is 11.8 Å². The number of carbonyl (C=O) groups excluding carboxylic acids is 2. The first-order chi connectivity index (χ1) is 13.0. The average molecular weight is 360 g/mol. The third-order valence-electron chi connectivity index (χ3n) is 4.11. The average Bonchev–Trinajstić information content (AvgIpc) is 2.69. The Morgan fingerprint density at radius 2 is 1.59 bits per heavy atom. The summed E-state index contributed by atoms with van der Waals surface area (Å²) in [5.74, 6) is -0.597. The summed E-state index contributed by atoms with van der Waals surface area (Å²) >= 11 is 0. The van der Waals surface area contributed by atoms with E-state index in [4.69, 9.17) is 0 Å². The van der Waals surface area contributed by atoms with Gasteiger partial charge in [-0.1, -0.05) is 12.1 Å². The van der Waals surface area contributed by atoms with E-state index >= 15 is 0 Å². The number of rotatable bonds is 5. The van der Waals surface area contributed by atoms with Crippen LogP contribution in [0.1, 0.15) is 37.4 Å². The molecule has 0 saturated carbocycles. The smallest absolute Gasteiger partial charge is 0.257 e. The van der Waals surface area contributed by atoms with E-state index in [9.17, 15) is 9.59 Å². The second kappa shape index (κ2) is 8.23. The second-order valence-electron chi connectivity index (χ2n) is 6.27. The first-order valence-electron chi connectivity index (χ1n) is 8.53. The van der Waals surface area contributed by atoms with Crippen molar-refractivity contribution >= 4 is 17.5 Å². The lowest BCUT2D eigenvalue weighted by molar-refractivity contribution is 0.0950. The van der Waals surface area contributed by atoms with Gasteiger partial charge in [0, 0.05) is 37.0 Å². The number of hydrogen-bond acceptors (Lipinski definition) is 4. The fourth-order valence-corrected chi connectivity index (χ4v) is 2.54. The summed E-state index contributed by atoms with van der Waals surface area (Å²) < 4.78 is 0. The number of aromatic nitrogens is 2. The highest BCUT2D eigenvalue weighted by Gasteiger charge is 2.12. The van der Waals surface area contributed by atoms with Crippen molar-refractivity contribution in [1.82, 2.24) is 15.3 Å². The fourth-order valence-electron chi connectivity index (χ4n) is 2.54. The van der Waals surface area contributed by atoms with Crippen LogP contribution in [0.25, 0.3) is 0 Å². The Kier molecular flexibility index (Phi) is 5.56. The summed E-state index contributed by atoms with van der Waals surface area (Å²) in [6.07, 6.45) is 6.22. The Balaban J connectivity index is 1.69. The summed E-state index contributed by atoms with van der Waals surface area (Å²) in [5, 5.41) is 5.68. The van der Waals surface area contributed by atoms with E-state index in [2.05, 4.69) is 20.6 Å². The number of anilines is 1. The molecule has 6 nitrogen and oxygen atoms in total. The van der Waals surface area contributed by atoms with Crippen LogP contribution in [0, 0.1) is 13.8 Å². The minimum atomic E-state index is -0.306. The molecule has 0 aliphatic rings. The zero-order valence-corrected chi connectivity index (χ0v) is 15.2. The van der Waals surface area contributed by atoms with Gasteiger partial charge in [-0.15, -0.1) is 0 Å². The first-order valence-corrected chi connectivity index (χ1v) is 8.53. The molecule has 0 aliphatic heterocycles. The lowest BCUT2D eigenvalue weighted by Crippen LogP contribution is -2.23. The zero-order chi connectivity index (χ0) is 19.2. The summed E-state index contributed by atoms with van der Waals surface area (Å²) in [7, 11) is 0. The van der Waals surface area contributed by atoms with E-state index in [0.717, 1.165) is 22.4 Å². The normalized spacial score (nSPS) is 10.3. The van der Waals surface area contributed by atoms with Gasteiger partial charge in [0.15, 0.2) is 0 Å². The lowest BCUT2D eigenvalue weighted by atomic mass is 10.1. The van der Waals surface area contributed by atoms with Crippen molar-refractivity contribution in [2.45, 2.75) is 20.4 Å². The van der Waals surface area contributed by atoms with Crippen LogP contribution in [0.15, 0.2) is 61.2 Å². The third-order valence-corrected chi connectivity index (χ3v) is 4.11. The molecular weight excluding hydrogens is 340 g/mol. The van der Waals surface area contributed by atoms with Crippen LogP contribution in [-0.2, 0) is 6.54 Å². The molecule has 0 spiro atoms. The van der Waals surface area contributed by atoms with E-state index in [1.54, 1.807) is 12.4 Å². The van der Waals surface area contributed by atoms with Crippen molar-refractivity contribution < 1.29 is 9.59 Å². The van der Waals surface area contributed by atoms with E-state index in [0.29, 0.717) is 17.7 Å². The van der Waals surface area contributed by atoms with Crippen molar-refractivity contribution in [3.8, 4) is 0 Å². The van der Waals surface area contributed by atoms with Crippen molar-refractivity contribution in [2.24, 2.45) is 0 Å². The molecule has 0 fully saturated rings. The van der Waals surface area contributed by atoms with Gasteiger partial charge < -0.3 is 10.6 Å². The molecule has 0 atom stereocenters. The Bertz CT molecular complexity index is 971. The van der Waals surface area contributed by atoms with E-state index in [1.807, 2.05) is 44.2 Å². The highest BCUT2D eigenvalue weighted by molar-refractivity contribution is 6.06. The van der Waals surface area contributed by atoms with E-state index < -0.39 is 0 Å². The van der Waals surface area contributed by atoms with Gasteiger partial charge in [-0.2, -0.15) is 0 Å². The van der Waals surface area contributed by atoms with Crippen LogP contribution in [0.2, 0.25) is 0 Å². The van der Waals surface area contributed by atoms with Gasteiger partial charge in [-0.05, 0) is 54.8 Å². The van der Waals surface area contributed by atoms with Crippen molar-refractivity contribution in [3.63, 3.8) is 0 Å². The summed E-state index contributed by atoms with van der Waals surface area (Å²) in [4.78, 5) is 32.9. The third kappa shape index (κ3) is 4.76. The maximum absolute atomic E-state index is 12.5. The van der Waals surface area contributed by atoms with Gasteiger partial charge in [-0.25, -0.2) is 0 Å². The highest BCUT2D eigenvalue weighted by Crippen LogP contribution is 2.17. The van der Waals surface area contributed by atoms with Crippen LogP contribution in [0.5, 0.6) is 0 Å². The molecule has 0 aliphatic carbocycles. The maximum Gasteiger partial charge on any atom is 0.257 e. The predicted molar refractivity (Wildman–Crippen MR) is 104 cm³/mol. The number of benzene rings is 1. The number of amides is 2. The number of hydrogen-bond donors (Lipinski definition) is 2. The van der Waals surface area contributed by atoms with Crippen molar-refractivity contribution in [1.29, 1.82) is 0 Å². The van der Waals surface area contributed by atoms with Crippen LogP contribution >= 0.6 is 0 Å². The summed E-state index contributed by atoms with van der Waals surface area (Å²) in [5.41, 5.74) is 4.36. The number of pyridine rings is 2. The van der Waals surface area contributed by atoms with Crippen molar-refractivity contribution in [2.75, 3.05) is 5.32 Å². The number of nitrogens with one attached hydrogen (secondary N) is 2. The number of carbonyl (C=O) groups is 2. The van der Waals surface area contributed by atoms with Crippen LogP contribution in [-0.4, -0.2) is 21.8 Å². The standard InChI is InChI=1S/C21H20N4O2/c1-14-3-4-15(2)19(9-14)25-21(27)18-10-17(12-23-13-18)20(26)24-11-16-5-7-22-8-6-16/h3-10,12-13H,11H2,1-2H3,(H,24,26)(H,25,27). The van der Waals surface area contributed by atoms with E-state index in [1.165, 1.54) is 18.5 Å². The molecule has 2 heterocycles. The maximum atomic E-state index is 12.5. The zero-order valence-electron chi connectivity index (χ0n) is 15.2. The van der Waals surface area contributed by atoms with Gasteiger partial charge in [0.1, 0.15) is 0 Å². The predicted octanol–water partition coefficient (Wildman–Crippen LogP) is 3.28. The molecule has 0 unspecified atom stereocenters. The molecule has 136 valence electrons. The molecule has 1 aromatic carbocycles. The van der Waals surface area contributed by atoms with Gasteiger partial charge >= 0.3 is 0 Å². The SMILES string of the molecule is Cc1ccc(C)c(NC(=O)c2cncc(C(=O)NCc3ccncc3)c2)c1. The monoisotopic (exact) mass is 360 g/mol. The minimum Gasteiger partial charge on any atom is -0.348 e. The summed E-state index contributed by atoms with van der Waals surface area (Å²) in [6, 6.07) is 11.0.